The minimum absolute atomic E-state index is 0.181. The highest BCUT2D eigenvalue weighted by Gasteiger charge is 2.09. The minimum Gasteiger partial charge on any atom is -0.295 e. The van der Waals surface area contributed by atoms with Gasteiger partial charge in [-0.05, 0) is 31.8 Å². The van der Waals surface area contributed by atoms with Gasteiger partial charge in [-0.2, -0.15) is 8.42 Å². The summed E-state index contributed by atoms with van der Waals surface area (Å²) in [6, 6.07) is 0. The lowest BCUT2D eigenvalue weighted by atomic mass is 9.95. The Morgan fingerprint density at radius 3 is 2.73 bits per heavy atom. The van der Waals surface area contributed by atoms with Crippen LogP contribution in [-0.4, -0.2) is 27.1 Å². The van der Waals surface area contributed by atoms with Gasteiger partial charge in [-0.3, -0.25) is 8.98 Å². The molecule has 86 valence electrons. The molecule has 1 aliphatic rings. The molecule has 1 rings (SSSR count). The first-order valence-corrected chi connectivity index (χ1v) is 6.86. The minimum atomic E-state index is -3.32. The third kappa shape index (κ3) is 5.69. The Bertz CT molecular complexity index is 354. The normalized spacial score (nSPS) is 17.7. The van der Waals surface area contributed by atoms with Gasteiger partial charge in [-0.25, -0.2) is 0 Å². The Hall–Kier alpha value is -0.680. The van der Waals surface area contributed by atoms with Gasteiger partial charge in [0.2, 0.25) is 0 Å². The third-order valence-electron chi connectivity index (χ3n) is 2.23. The van der Waals surface area contributed by atoms with Crippen molar-refractivity contribution in [3.8, 4) is 0 Å². The molecule has 0 bridgehead atoms. The number of allylic oxidation sites excluding steroid dienone is 2. The summed E-state index contributed by atoms with van der Waals surface area (Å²) >= 11 is 0. The second-order valence-electron chi connectivity index (χ2n) is 3.75. The lowest BCUT2D eigenvalue weighted by Crippen LogP contribution is -2.06. The Labute approximate surface area is 90.4 Å². The van der Waals surface area contributed by atoms with Gasteiger partial charge in [0.25, 0.3) is 10.1 Å². The zero-order valence-corrected chi connectivity index (χ0v) is 9.68. The molecule has 0 aromatic heterocycles. The Morgan fingerprint density at radius 1 is 1.40 bits per heavy atom. The largest absolute Gasteiger partial charge is 0.295 e. The highest BCUT2D eigenvalue weighted by Crippen LogP contribution is 2.19. The molecule has 5 heteroatoms. The summed E-state index contributed by atoms with van der Waals surface area (Å²) in [5, 5.41) is 0. The summed E-state index contributed by atoms with van der Waals surface area (Å²) in [6.45, 7) is 0.199. The third-order valence-corrected chi connectivity index (χ3v) is 2.82. The van der Waals surface area contributed by atoms with E-state index in [0.717, 1.165) is 31.1 Å². The molecule has 0 radical (unpaired) electrons. The molecule has 0 N–H and O–H groups in total. The standard InChI is InChI=1S/C10H16O4S/c1-15(12,13)14-7-3-5-9-4-2-6-10(11)8-9/h8H,2-7H2,1H3. The molecule has 0 amide bonds. The first-order valence-electron chi connectivity index (χ1n) is 5.04. The van der Waals surface area contributed by atoms with Crippen LogP contribution in [0.2, 0.25) is 0 Å². The summed E-state index contributed by atoms with van der Waals surface area (Å²) in [7, 11) is -3.32. The molecule has 4 nitrogen and oxygen atoms in total. The monoisotopic (exact) mass is 232 g/mol. The summed E-state index contributed by atoms with van der Waals surface area (Å²) in [5.41, 5.74) is 1.11. The molecular formula is C10H16O4S. The summed E-state index contributed by atoms with van der Waals surface area (Å²) in [4.78, 5) is 11.1. The number of hydrogen-bond acceptors (Lipinski definition) is 4. The highest BCUT2D eigenvalue weighted by molar-refractivity contribution is 7.85. The van der Waals surface area contributed by atoms with Crippen molar-refractivity contribution in [3.05, 3.63) is 11.6 Å². The van der Waals surface area contributed by atoms with Crippen LogP contribution in [0, 0.1) is 0 Å². The molecule has 0 saturated heterocycles. The molecule has 0 spiro atoms. The molecule has 0 saturated carbocycles. The predicted molar refractivity (Wildman–Crippen MR) is 57.0 cm³/mol. The molecule has 0 atom stereocenters. The van der Waals surface area contributed by atoms with Gasteiger partial charge in [0.05, 0.1) is 12.9 Å². The summed E-state index contributed by atoms with van der Waals surface area (Å²) in [6.07, 6.45) is 6.62. The van der Waals surface area contributed by atoms with Crippen LogP contribution in [-0.2, 0) is 19.1 Å². The average molecular weight is 232 g/mol. The smallest absolute Gasteiger partial charge is 0.264 e. The number of hydrogen-bond donors (Lipinski definition) is 0. The molecular weight excluding hydrogens is 216 g/mol. The van der Waals surface area contributed by atoms with Crippen molar-refractivity contribution in [1.82, 2.24) is 0 Å². The van der Waals surface area contributed by atoms with Crippen molar-refractivity contribution in [2.75, 3.05) is 12.9 Å². The SMILES string of the molecule is CS(=O)(=O)OCCCC1=CC(=O)CCC1. The van der Waals surface area contributed by atoms with Gasteiger partial charge >= 0.3 is 0 Å². The van der Waals surface area contributed by atoms with Crippen LogP contribution in [0.3, 0.4) is 0 Å². The first-order chi connectivity index (χ1) is 6.97. The maximum Gasteiger partial charge on any atom is 0.264 e. The van der Waals surface area contributed by atoms with Crippen molar-refractivity contribution in [2.45, 2.75) is 32.1 Å². The Balaban J connectivity index is 2.23. The van der Waals surface area contributed by atoms with Crippen LogP contribution in [0.25, 0.3) is 0 Å². The quantitative estimate of drug-likeness (QED) is 0.531. The number of ketones is 1. The van der Waals surface area contributed by atoms with E-state index in [9.17, 15) is 13.2 Å². The average Bonchev–Trinajstić information content (AvgIpc) is 2.11. The molecule has 1 aliphatic carbocycles. The highest BCUT2D eigenvalue weighted by atomic mass is 32.2. The fraction of sp³-hybridized carbons (Fsp3) is 0.700. The molecule has 0 aromatic carbocycles. The fourth-order valence-electron chi connectivity index (χ4n) is 1.57. The van der Waals surface area contributed by atoms with Crippen molar-refractivity contribution in [3.63, 3.8) is 0 Å². The molecule has 0 unspecified atom stereocenters. The van der Waals surface area contributed by atoms with Crippen LogP contribution in [0.1, 0.15) is 32.1 Å². The molecule has 15 heavy (non-hydrogen) atoms. The fourth-order valence-corrected chi connectivity index (χ4v) is 1.99. The van der Waals surface area contributed by atoms with E-state index in [2.05, 4.69) is 4.18 Å². The molecule has 0 fully saturated rings. The summed E-state index contributed by atoms with van der Waals surface area (Å²) < 4.78 is 25.9. The Kier molecular flexibility index (Phi) is 4.47. The maximum atomic E-state index is 11.1. The van der Waals surface area contributed by atoms with Crippen molar-refractivity contribution in [1.29, 1.82) is 0 Å². The van der Waals surface area contributed by atoms with Crippen molar-refractivity contribution in [2.24, 2.45) is 0 Å². The van der Waals surface area contributed by atoms with Crippen molar-refractivity contribution >= 4 is 15.9 Å². The van der Waals surface area contributed by atoms with E-state index in [-0.39, 0.29) is 12.4 Å². The Morgan fingerprint density at radius 2 is 2.13 bits per heavy atom. The lowest BCUT2D eigenvalue weighted by Gasteiger charge is -2.11. The maximum absolute atomic E-state index is 11.1. The van der Waals surface area contributed by atoms with Gasteiger partial charge in [0, 0.05) is 6.42 Å². The van der Waals surface area contributed by atoms with Gasteiger partial charge in [0.15, 0.2) is 5.78 Å². The van der Waals surface area contributed by atoms with E-state index in [1.165, 1.54) is 0 Å². The zero-order chi connectivity index (χ0) is 11.3. The van der Waals surface area contributed by atoms with Crippen LogP contribution in [0.5, 0.6) is 0 Å². The van der Waals surface area contributed by atoms with E-state index in [1.807, 2.05) is 0 Å². The molecule has 0 heterocycles. The van der Waals surface area contributed by atoms with Crippen LogP contribution >= 0.6 is 0 Å². The number of carbonyl (C=O) groups is 1. The van der Waals surface area contributed by atoms with Gasteiger partial charge in [-0.1, -0.05) is 5.57 Å². The molecule has 0 aromatic rings. The van der Waals surface area contributed by atoms with Gasteiger partial charge in [-0.15, -0.1) is 0 Å². The first kappa shape index (κ1) is 12.4. The lowest BCUT2D eigenvalue weighted by molar-refractivity contribution is -0.115. The van der Waals surface area contributed by atoms with E-state index in [0.29, 0.717) is 12.8 Å². The van der Waals surface area contributed by atoms with Gasteiger partial charge in [0.1, 0.15) is 0 Å². The van der Waals surface area contributed by atoms with Crippen LogP contribution in [0.15, 0.2) is 11.6 Å². The van der Waals surface area contributed by atoms with E-state index >= 15 is 0 Å². The summed E-state index contributed by atoms with van der Waals surface area (Å²) in [5.74, 6) is 0.181. The van der Waals surface area contributed by atoms with Gasteiger partial charge < -0.3 is 0 Å². The van der Waals surface area contributed by atoms with Crippen molar-refractivity contribution < 1.29 is 17.4 Å². The topological polar surface area (TPSA) is 60.4 Å². The zero-order valence-electron chi connectivity index (χ0n) is 8.86. The second kappa shape index (κ2) is 5.42. The van der Waals surface area contributed by atoms with Crippen LogP contribution < -0.4 is 0 Å². The second-order valence-corrected chi connectivity index (χ2v) is 5.40. The van der Waals surface area contributed by atoms with E-state index < -0.39 is 10.1 Å². The van der Waals surface area contributed by atoms with Crippen LogP contribution in [0.4, 0.5) is 0 Å². The van der Waals surface area contributed by atoms with E-state index in [1.54, 1.807) is 6.08 Å². The molecule has 0 aliphatic heterocycles. The number of rotatable bonds is 5. The number of carbonyl (C=O) groups excluding carboxylic acids is 1. The predicted octanol–water partition coefficient (Wildman–Crippen LogP) is 1.42. The van der Waals surface area contributed by atoms with E-state index in [4.69, 9.17) is 0 Å².